The van der Waals surface area contributed by atoms with E-state index in [0.717, 1.165) is 11.1 Å². The Kier molecular flexibility index (Phi) is 5.72. The summed E-state index contributed by atoms with van der Waals surface area (Å²) >= 11 is 0. The molecule has 1 aromatic carbocycles. The van der Waals surface area contributed by atoms with E-state index in [-0.39, 0.29) is 12.0 Å². The quantitative estimate of drug-likeness (QED) is 0.880. The van der Waals surface area contributed by atoms with Gasteiger partial charge in [-0.1, -0.05) is 24.3 Å². The van der Waals surface area contributed by atoms with E-state index in [9.17, 15) is 9.59 Å². The van der Waals surface area contributed by atoms with Gasteiger partial charge >= 0.3 is 6.09 Å². The molecule has 25 heavy (non-hydrogen) atoms. The lowest BCUT2D eigenvalue weighted by molar-refractivity contribution is -0.119. The van der Waals surface area contributed by atoms with Gasteiger partial charge in [0.05, 0.1) is 0 Å². The lowest BCUT2D eigenvalue weighted by Crippen LogP contribution is -2.50. The van der Waals surface area contributed by atoms with Crippen LogP contribution in [0.5, 0.6) is 0 Å². The molecule has 1 saturated heterocycles. The zero-order valence-electron chi connectivity index (χ0n) is 15.6. The fraction of sp³-hybridized carbons (Fsp3) is 0.579. The Hall–Kier alpha value is -2.08. The van der Waals surface area contributed by atoms with Crippen molar-refractivity contribution in [1.29, 1.82) is 0 Å². The summed E-state index contributed by atoms with van der Waals surface area (Å²) in [6.07, 6.45) is 1.07. The third kappa shape index (κ3) is 5.46. The van der Waals surface area contributed by atoms with Crippen molar-refractivity contribution >= 4 is 12.0 Å². The van der Waals surface area contributed by atoms with Gasteiger partial charge in [0.15, 0.2) is 0 Å². The Morgan fingerprint density at radius 3 is 2.48 bits per heavy atom. The number of likely N-dealkylation sites (tertiary alicyclic amines) is 1. The zero-order valence-corrected chi connectivity index (χ0v) is 15.6. The van der Waals surface area contributed by atoms with Gasteiger partial charge in [-0.25, -0.2) is 4.79 Å². The van der Waals surface area contributed by atoms with Crippen LogP contribution in [0.4, 0.5) is 4.79 Å². The Labute approximate surface area is 149 Å². The van der Waals surface area contributed by atoms with Crippen molar-refractivity contribution in [3.05, 3.63) is 35.4 Å². The molecule has 3 N–H and O–H groups in total. The number of amides is 2. The molecular formula is C19H29N3O3. The molecule has 0 unspecified atom stereocenters. The third-order valence-electron chi connectivity index (χ3n) is 4.35. The van der Waals surface area contributed by atoms with Gasteiger partial charge < -0.3 is 20.7 Å². The maximum absolute atomic E-state index is 12.2. The summed E-state index contributed by atoms with van der Waals surface area (Å²) in [6.45, 7) is 8.72. The second-order valence-electron chi connectivity index (χ2n) is 7.73. The summed E-state index contributed by atoms with van der Waals surface area (Å²) in [4.78, 5) is 25.0. The molecule has 0 atom stereocenters. The Bertz CT molecular complexity index is 629. The summed E-state index contributed by atoms with van der Waals surface area (Å²) in [5.74, 6) is -0.0569. The van der Waals surface area contributed by atoms with Gasteiger partial charge in [-0.15, -0.1) is 0 Å². The molecule has 1 fully saturated rings. The number of nitrogens with zero attached hydrogens (tertiary/aromatic N) is 1. The van der Waals surface area contributed by atoms with E-state index in [1.807, 2.05) is 45.0 Å². The van der Waals surface area contributed by atoms with Crippen LogP contribution >= 0.6 is 0 Å². The first-order valence-electron chi connectivity index (χ1n) is 8.70. The molecule has 0 aromatic heterocycles. The van der Waals surface area contributed by atoms with E-state index in [0.29, 0.717) is 32.5 Å². The van der Waals surface area contributed by atoms with Crippen LogP contribution in [0.25, 0.3) is 0 Å². The number of carbonyl (C=O) groups is 2. The highest BCUT2D eigenvalue weighted by Gasteiger charge is 2.35. The van der Waals surface area contributed by atoms with Crippen molar-refractivity contribution in [2.75, 3.05) is 13.1 Å². The Morgan fingerprint density at radius 1 is 1.28 bits per heavy atom. The predicted octanol–water partition coefficient (Wildman–Crippen LogP) is 2.51. The summed E-state index contributed by atoms with van der Waals surface area (Å²) in [6, 6.07) is 7.99. The normalized spacial score (nSPS) is 17.1. The smallest absolute Gasteiger partial charge is 0.410 e. The number of piperidine rings is 1. The van der Waals surface area contributed by atoms with Gasteiger partial charge in [-0.05, 0) is 44.7 Å². The van der Waals surface area contributed by atoms with Crippen molar-refractivity contribution in [3.8, 4) is 0 Å². The molecule has 1 aliphatic heterocycles. The number of nitrogens with two attached hydrogens (primary N) is 1. The average molecular weight is 347 g/mol. The van der Waals surface area contributed by atoms with Gasteiger partial charge in [-0.2, -0.15) is 0 Å². The fourth-order valence-corrected chi connectivity index (χ4v) is 2.92. The number of hydrogen-bond donors (Lipinski definition) is 2. The number of rotatable bonds is 3. The van der Waals surface area contributed by atoms with Crippen LogP contribution in [0.2, 0.25) is 0 Å². The largest absolute Gasteiger partial charge is 0.444 e. The minimum Gasteiger partial charge on any atom is -0.444 e. The van der Waals surface area contributed by atoms with Gasteiger partial charge in [-0.3, -0.25) is 4.79 Å². The highest BCUT2D eigenvalue weighted by molar-refractivity contribution is 5.72. The molecule has 0 aliphatic carbocycles. The molecule has 1 aromatic rings. The second-order valence-corrected chi connectivity index (χ2v) is 7.73. The number of benzene rings is 1. The van der Waals surface area contributed by atoms with Crippen molar-refractivity contribution in [2.24, 2.45) is 5.73 Å². The molecule has 2 rings (SSSR count). The van der Waals surface area contributed by atoms with Gasteiger partial charge in [0.1, 0.15) is 5.60 Å². The summed E-state index contributed by atoms with van der Waals surface area (Å²) < 4.78 is 5.43. The molecular weight excluding hydrogens is 318 g/mol. The van der Waals surface area contributed by atoms with Crippen molar-refractivity contribution < 1.29 is 14.3 Å². The molecule has 0 spiro atoms. The van der Waals surface area contributed by atoms with E-state index >= 15 is 0 Å². The molecule has 0 radical (unpaired) electrons. The maximum atomic E-state index is 12.2. The molecule has 138 valence electrons. The summed E-state index contributed by atoms with van der Waals surface area (Å²) in [5.41, 5.74) is 7.73. The standard InChI is InChI=1S/C19H29N3O3/c1-14(23)21-13-15-6-5-7-16(12-15)19(20)8-10-22(11-9-19)17(24)25-18(2,3)4/h5-7,12H,8-11,13,20H2,1-4H3,(H,21,23). The molecule has 0 saturated carbocycles. The van der Waals surface area contributed by atoms with Crippen molar-refractivity contribution in [1.82, 2.24) is 10.2 Å². The van der Waals surface area contributed by atoms with Crippen LogP contribution in [0.3, 0.4) is 0 Å². The third-order valence-corrected chi connectivity index (χ3v) is 4.35. The lowest BCUT2D eigenvalue weighted by atomic mass is 9.81. The first-order chi connectivity index (χ1) is 11.6. The highest BCUT2D eigenvalue weighted by atomic mass is 16.6. The monoisotopic (exact) mass is 347 g/mol. The van der Waals surface area contributed by atoms with Crippen LogP contribution < -0.4 is 11.1 Å². The average Bonchev–Trinajstić information content (AvgIpc) is 2.52. The van der Waals surface area contributed by atoms with Gasteiger partial charge in [0, 0.05) is 32.1 Å². The van der Waals surface area contributed by atoms with E-state index in [2.05, 4.69) is 5.32 Å². The molecule has 0 bridgehead atoms. The van der Waals surface area contributed by atoms with E-state index in [1.54, 1.807) is 4.90 Å². The molecule has 1 heterocycles. The minimum atomic E-state index is -0.494. The van der Waals surface area contributed by atoms with Crippen molar-refractivity contribution in [2.45, 2.75) is 58.2 Å². The summed E-state index contributed by atoms with van der Waals surface area (Å²) in [5, 5.41) is 2.80. The van der Waals surface area contributed by atoms with Crippen molar-refractivity contribution in [3.63, 3.8) is 0 Å². The number of carbonyl (C=O) groups excluding carboxylic acids is 2. The first kappa shape index (κ1) is 19.2. The topological polar surface area (TPSA) is 84.7 Å². The minimum absolute atomic E-state index is 0.0569. The maximum Gasteiger partial charge on any atom is 0.410 e. The van der Waals surface area contributed by atoms with Crippen LogP contribution in [0.15, 0.2) is 24.3 Å². The van der Waals surface area contributed by atoms with E-state index < -0.39 is 11.1 Å². The number of ether oxygens (including phenoxy) is 1. The van der Waals surface area contributed by atoms with Crippen LogP contribution in [-0.4, -0.2) is 35.6 Å². The van der Waals surface area contributed by atoms with Gasteiger partial charge in [0.25, 0.3) is 0 Å². The molecule has 6 heteroatoms. The predicted molar refractivity (Wildman–Crippen MR) is 96.9 cm³/mol. The Morgan fingerprint density at radius 2 is 1.92 bits per heavy atom. The summed E-state index contributed by atoms with van der Waals surface area (Å²) in [7, 11) is 0. The molecule has 2 amide bonds. The van der Waals surface area contributed by atoms with Gasteiger partial charge in [0.2, 0.25) is 5.91 Å². The van der Waals surface area contributed by atoms with E-state index in [1.165, 1.54) is 6.92 Å². The van der Waals surface area contributed by atoms with E-state index in [4.69, 9.17) is 10.5 Å². The number of hydrogen-bond acceptors (Lipinski definition) is 4. The van der Waals surface area contributed by atoms with Crippen LogP contribution in [0, 0.1) is 0 Å². The fourth-order valence-electron chi connectivity index (χ4n) is 2.92. The lowest BCUT2D eigenvalue weighted by Gasteiger charge is -2.40. The SMILES string of the molecule is CC(=O)NCc1cccc(C2(N)CCN(C(=O)OC(C)(C)C)CC2)c1. The number of nitrogens with one attached hydrogen (secondary N) is 1. The zero-order chi connectivity index (χ0) is 18.7. The molecule has 6 nitrogen and oxygen atoms in total. The second kappa shape index (κ2) is 7.44. The van der Waals surface area contributed by atoms with Crippen LogP contribution in [-0.2, 0) is 21.6 Å². The Balaban J connectivity index is 2.01. The highest BCUT2D eigenvalue weighted by Crippen LogP contribution is 2.31. The van der Waals surface area contributed by atoms with Crippen LogP contribution in [0.1, 0.15) is 51.7 Å². The molecule has 1 aliphatic rings. The first-order valence-corrected chi connectivity index (χ1v) is 8.70.